The average molecular weight is 497 g/mol. The van der Waals surface area contributed by atoms with Crippen molar-refractivity contribution in [1.82, 2.24) is 16.0 Å². The number of thioether (sulfide) groups is 1. The third-order valence-corrected chi connectivity index (χ3v) is 6.16. The van der Waals surface area contributed by atoms with Gasteiger partial charge < -0.3 is 31.9 Å². The van der Waals surface area contributed by atoms with Gasteiger partial charge in [-0.1, -0.05) is 50.6 Å². The highest BCUT2D eigenvalue weighted by Gasteiger charge is 2.30. The van der Waals surface area contributed by atoms with E-state index in [-0.39, 0.29) is 18.8 Å². The number of rotatable bonds is 15. The zero-order valence-corrected chi connectivity index (χ0v) is 20.6. The molecule has 5 atom stereocenters. The molecule has 7 N–H and O–H groups in total. The Hall–Kier alpha value is -2.63. The number of amides is 3. The number of carboxylic acids is 1. The van der Waals surface area contributed by atoms with Crippen molar-refractivity contribution in [2.24, 2.45) is 11.7 Å². The molecule has 1 aromatic carbocycles. The summed E-state index contributed by atoms with van der Waals surface area (Å²) in [4.78, 5) is 49.8. The van der Waals surface area contributed by atoms with Crippen LogP contribution >= 0.6 is 11.8 Å². The predicted molar refractivity (Wildman–Crippen MR) is 131 cm³/mol. The lowest BCUT2D eigenvalue weighted by molar-refractivity contribution is -0.143. The van der Waals surface area contributed by atoms with E-state index in [9.17, 15) is 24.3 Å². The minimum atomic E-state index is -1.49. The lowest BCUT2D eigenvalue weighted by Gasteiger charge is -2.26. The van der Waals surface area contributed by atoms with Gasteiger partial charge in [0.2, 0.25) is 17.7 Å². The highest BCUT2D eigenvalue weighted by Crippen LogP contribution is 2.09. The molecule has 0 spiro atoms. The topological polar surface area (TPSA) is 171 Å². The number of hydrogen-bond acceptors (Lipinski definition) is 7. The molecule has 1 aromatic rings. The van der Waals surface area contributed by atoms with Gasteiger partial charge in [0.15, 0.2) is 0 Å². The molecule has 190 valence electrons. The van der Waals surface area contributed by atoms with E-state index in [1.807, 2.05) is 50.4 Å². The quantitative estimate of drug-likeness (QED) is 0.195. The SMILES string of the molecule is CCC(C)C(N)C(=O)NC(Cc1ccccc1)C(=O)NC(CCSC)C(=O)NC(CO)C(=O)O. The van der Waals surface area contributed by atoms with Crippen LogP contribution in [-0.4, -0.2) is 76.7 Å². The summed E-state index contributed by atoms with van der Waals surface area (Å²) in [5.74, 6) is -2.76. The number of carbonyl (C=O) groups is 4. The van der Waals surface area contributed by atoms with Gasteiger partial charge in [0.05, 0.1) is 12.6 Å². The summed E-state index contributed by atoms with van der Waals surface area (Å²) in [5.41, 5.74) is 6.84. The maximum atomic E-state index is 13.2. The maximum Gasteiger partial charge on any atom is 0.328 e. The van der Waals surface area contributed by atoms with Crippen molar-refractivity contribution in [2.75, 3.05) is 18.6 Å². The van der Waals surface area contributed by atoms with Gasteiger partial charge in [-0.15, -0.1) is 0 Å². The minimum Gasteiger partial charge on any atom is -0.480 e. The van der Waals surface area contributed by atoms with Crippen molar-refractivity contribution in [3.8, 4) is 0 Å². The highest BCUT2D eigenvalue weighted by molar-refractivity contribution is 7.98. The molecule has 0 aliphatic rings. The Morgan fingerprint density at radius 3 is 2.06 bits per heavy atom. The molecule has 0 aliphatic heterocycles. The van der Waals surface area contributed by atoms with Gasteiger partial charge in [0.25, 0.3) is 0 Å². The fourth-order valence-corrected chi connectivity index (χ4v) is 3.55. The van der Waals surface area contributed by atoms with Crippen molar-refractivity contribution in [2.45, 2.75) is 57.3 Å². The Bertz CT molecular complexity index is 810. The average Bonchev–Trinajstić information content (AvgIpc) is 2.83. The van der Waals surface area contributed by atoms with Crippen molar-refractivity contribution in [3.05, 3.63) is 35.9 Å². The molecule has 3 amide bonds. The highest BCUT2D eigenvalue weighted by atomic mass is 32.2. The molecular weight excluding hydrogens is 460 g/mol. The molecule has 0 fully saturated rings. The molecule has 34 heavy (non-hydrogen) atoms. The second-order valence-corrected chi connectivity index (χ2v) is 9.07. The third-order valence-electron chi connectivity index (χ3n) is 5.52. The second kappa shape index (κ2) is 15.3. The smallest absolute Gasteiger partial charge is 0.328 e. The summed E-state index contributed by atoms with van der Waals surface area (Å²) in [6, 6.07) is 4.75. The molecule has 0 saturated heterocycles. The van der Waals surface area contributed by atoms with E-state index < -0.39 is 54.5 Å². The van der Waals surface area contributed by atoms with Crippen LogP contribution < -0.4 is 21.7 Å². The summed E-state index contributed by atoms with van der Waals surface area (Å²) in [5, 5.41) is 25.9. The number of carbonyl (C=O) groups excluding carboxylic acids is 3. The number of nitrogens with two attached hydrogens (primary N) is 1. The first-order chi connectivity index (χ1) is 16.1. The molecule has 0 radical (unpaired) electrons. The zero-order valence-electron chi connectivity index (χ0n) is 19.8. The molecule has 0 saturated carbocycles. The number of nitrogens with one attached hydrogen (secondary N) is 3. The maximum absolute atomic E-state index is 13.2. The Balaban J connectivity index is 3.07. The van der Waals surface area contributed by atoms with Gasteiger partial charge in [-0.3, -0.25) is 14.4 Å². The van der Waals surface area contributed by atoms with E-state index in [0.29, 0.717) is 12.2 Å². The van der Waals surface area contributed by atoms with Crippen molar-refractivity contribution < 1.29 is 29.4 Å². The molecule has 0 aliphatic carbocycles. The van der Waals surface area contributed by atoms with E-state index in [0.717, 1.165) is 5.56 Å². The van der Waals surface area contributed by atoms with Crippen LogP contribution in [-0.2, 0) is 25.6 Å². The van der Waals surface area contributed by atoms with Gasteiger partial charge in [-0.05, 0) is 29.9 Å². The molecule has 0 bridgehead atoms. The first-order valence-electron chi connectivity index (χ1n) is 11.2. The zero-order chi connectivity index (χ0) is 25.7. The fraction of sp³-hybridized carbons (Fsp3) is 0.565. The van der Waals surface area contributed by atoms with Gasteiger partial charge in [0.1, 0.15) is 18.1 Å². The largest absolute Gasteiger partial charge is 0.480 e. The van der Waals surface area contributed by atoms with Crippen LogP contribution in [0.25, 0.3) is 0 Å². The molecular formula is C23H36N4O6S. The van der Waals surface area contributed by atoms with Crippen LogP contribution in [0.4, 0.5) is 0 Å². The number of aliphatic carboxylic acids is 1. The van der Waals surface area contributed by atoms with Crippen LogP contribution in [0.1, 0.15) is 32.3 Å². The van der Waals surface area contributed by atoms with Crippen molar-refractivity contribution in [1.29, 1.82) is 0 Å². The number of carboxylic acid groups (broad SMARTS) is 1. The lowest BCUT2D eigenvalue weighted by atomic mass is 9.98. The fourth-order valence-electron chi connectivity index (χ4n) is 3.07. The first-order valence-corrected chi connectivity index (χ1v) is 12.6. The molecule has 0 heterocycles. The number of aliphatic hydroxyl groups excluding tert-OH is 1. The lowest BCUT2D eigenvalue weighted by Crippen LogP contribution is -2.58. The molecule has 1 rings (SSSR count). The summed E-state index contributed by atoms with van der Waals surface area (Å²) >= 11 is 1.45. The molecule has 10 nitrogen and oxygen atoms in total. The first kappa shape index (κ1) is 29.4. The Morgan fingerprint density at radius 1 is 0.971 bits per heavy atom. The predicted octanol–water partition coefficient (Wildman–Crippen LogP) is -0.113. The van der Waals surface area contributed by atoms with Crippen LogP contribution in [0, 0.1) is 5.92 Å². The summed E-state index contributed by atoms with van der Waals surface area (Å²) < 4.78 is 0. The number of hydrogen-bond donors (Lipinski definition) is 6. The number of benzene rings is 1. The standard InChI is InChI=1S/C23H36N4O6S/c1-4-14(2)19(24)22(31)26-17(12-15-8-6-5-7-9-15)21(30)25-16(10-11-34-3)20(29)27-18(13-28)23(32)33/h5-9,14,16-19,28H,4,10-13,24H2,1-3H3,(H,25,30)(H,26,31)(H,27,29)(H,32,33). The van der Waals surface area contributed by atoms with Gasteiger partial charge >= 0.3 is 5.97 Å². The summed E-state index contributed by atoms with van der Waals surface area (Å²) in [6.45, 7) is 2.97. The second-order valence-electron chi connectivity index (χ2n) is 8.09. The molecule has 5 unspecified atom stereocenters. The van der Waals surface area contributed by atoms with E-state index in [1.165, 1.54) is 11.8 Å². The Labute approximate surface area is 204 Å². The van der Waals surface area contributed by atoms with E-state index in [4.69, 9.17) is 10.8 Å². The van der Waals surface area contributed by atoms with Crippen LogP contribution in [0.5, 0.6) is 0 Å². The van der Waals surface area contributed by atoms with E-state index in [2.05, 4.69) is 16.0 Å². The monoisotopic (exact) mass is 496 g/mol. The third kappa shape index (κ3) is 9.70. The van der Waals surface area contributed by atoms with Crippen LogP contribution in [0.3, 0.4) is 0 Å². The molecule has 11 heteroatoms. The Morgan fingerprint density at radius 2 is 1.53 bits per heavy atom. The van der Waals surface area contributed by atoms with Gasteiger partial charge in [-0.25, -0.2) is 4.79 Å². The van der Waals surface area contributed by atoms with E-state index >= 15 is 0 Å². The minimum absolute atomic E-state index is 0.0908. The Kier molecular flexibility index (Phi) is 13.2. The summed E-state index contributed by atoms with van der Waals surface area (Å²) in [7, 11) is 0. The number of aliphatic hydroxyl groups is 1. The van der Waals surface area contributed by atoms with Crippen molar-refractivity contribution in [3.63, 3.8) is 0 Å². The normalized spacial score (nSPS) is 15.3. The van der Waals surface area contributed by atoms with Gasteiger partial charge in [0, 0.05) is 6.42 Å². The van der Waals surface area contributed by atoms with Crippen LogP contribution in [0.2, 0.25) is 0 Å². The van der Waals surface area contributed by atoms with Crippen LogP contribution in [0.15, 0.2) is 30.3 Å². The molecule has 0 aromatic heterocycles. The van der Waals surface area contributed by atoms with Crippen molar-refractivity contribution >= 4 is 35.5 Å². The van der Waals surface area contributed by atoms with Gasteiger partial charge in [-0.2, -0.15) is 11.8 Å². The van der Waals surface area contributed by atoms with E-state index in [1.54, 1.807) is 0 Å². The summed E-state index contributed by atoms with van der Waals surface area (Å²) in [6.07, 6.45) is 2.93.